The summed E-state index contributed by atoms with van der Waals surface area (Å²) in [5, 5.41) is 5.61. The van der Waals surface area contributed by atoms with Gasteiger partial charge in [0.2, 0.25) is 0 Å². The van der Waals surface area contributed by atoms with E-state index in [1.54, 1.807) is 4.88 Å². The quantitative estimate of drug-likeness (QED) is 0.845. The van der Waals surface area contributed by atoms with Crippen molar-refractivity contribution in [2.45, 2.75) is 25.8 Å². The van der Waals surface area contributed by atoms with Gasteiger partial charge in [0.1, 0.15) is 0 Å². The van der Waals surface area contributed by atoms with Crippen LogP contribution in [0.3, 0.4) is 0 Å². The van der Waals surface area contributed by atoms with Crippen LogP contribution in [0.1, 0.15) is 30.7 Å². The molecular weight excluding hydrogens is 204 g/mol. The summed E-state index contributed by atoms with van der Waals surface area (Å²) in [6, 6.07) is 5.12. The van der Waals surface area contributed by atoms with Gasteiger partial charge in [0.05, 0.1) is 0 Å². The lowest BCUT2D eigenvalue weighted by molar-refractivity contribution is 0.167. The Morgan fingerprint density at radius 3 is 2.87 bits per heavy atom. The van der Waals surface area contributed by atoms with Crippen molar-refractivity contribution in [3.8, 4) is 0 Å². The van der Waals surface area contributed by atoms with E-state index in [0.717, 1.165) is 13.1 Å². The Bertz CT molecular complexity index is 265. The maximum atomic E-state index is 3.42. The van der Waals surface area contributed by atoms with Crippen molar-refractivity contribution >= 4 is 11.3 Å². The van der Waals surface area contributed by atoms with Crippen LogP contribution in [0.2, 0.25) is 0 Å². The van der Waals surface area contributed by atoms with Crippen LogP contribution in [0.15, 0.2) is 17.5 Å². The Morgan fingerprint density at radius 1 is 1.47 bits per heavy atom. The van der Waals surface area contributed by atoms with Gasteiger partial charge in [-0.05, 0) is 17.9 Å². The molecule has 84 valence electrons. The molecule has 0 unspecified atom stereocenters. The lowest BCUT2D eigenvalue weighted by atomic mass is 10.1. The second-order valence-electron chi connectivity index (χ2n) is 4.11. The second kappa shape index (κ2) is 5.64. The summed E-state index contributed by atoms with van der Waals surface area (Å²) >= 11 is 1.90. The third-order valence-corrected chi connectivity index (χ3v) is 4.00. The van der Waals surface area contributed by atoms with Crippen LogP contribution in [0.5, 0.6) is 0 Å². The van der Waals surface area contributed by atoms with E-state index < -0.39 is 0 Å². The van der Waals surface area contributed by atoms with Crippen molar-refractivity contribution in [3.63, 3.8) is 0 Å². The molecule has 2 heterocycles. The molecule has 0 spiro atoms. The average molecular weight is 224 g/mol. The SMILES string of the molecule is CCC[C@@H](c1cccs1)N1CCNCC1. The number of hydrogen-bond acceptors (Lipinski definition) is 3. The van der Waals surface area contributed by atoms with Gasteiger partial charge in [0, 0.05) is 37.1 Å². The smallest absolute Gasteiger partial charge is 0.0442 e. The Balaban J connectivity index is 2.04. The zero-order valence-electron chi connectivity index (χ0n) is 9.41. The molecule has 1 aromatic rings. The first-order chi connectivity index (χ1) is 7.42. The third kappa shape index (κ3) is 2.80. The van der Waals surface area contributed by atoms with Crippen molar-refractivity contribution < 1.29 is 0 Å². The summed E-state index contributed by atoms with van der Waals surface area (Å²) in [5.74, 6) is 0. The molecule has 2 nitrogen and oxygen atoms in total. The van der Waals surface area contributed by atoms with Crippen LogP contribution in [0.25, 0.3) is 0 Å². The van der Waals surface area contributed by atoms with Crippen LogP contribution in [0.4, 0.5) is 0 Å². The van der Waals surface area contributed by atoms with Gasteiger partial charge in [-0.15, -0.1) is 11.3 Å². The highest BCUT2D eigenvalue weighted by Crippen LogP contribution is 2.29. The minimum absolute atomic E-state index is 0.664. The Labute approximate surface area is 96.3 Å². The first kappa shape index (κ1) is 11.1. The van der Waals surface area contributed by atoms with E-state index in [9.17, 15) is 0 Å². The first-order valence-electron chi connectivity index (χ1n) is 5.90. The van der Waals surface area contributed by atoms with Crippen LogP contribution in [-0.4, -0.2) is 31.1 Å². The summed E-state index contributed by atoms with van der Waals surface area (Å²) in [4.78, 5) is 4.17. The van der Waals surface area contributed by atoms with Gasteiger partial charge < -0.3 is 5.32 Å². The highest BCUT2D eigenvalue weighted by molar-refractivity contribution is 7.10. The number of thiophene rings is 1. The summed E-state index contributed by atoms with van der Waals surface area (Å²) in [6.45, 7) is 6.96. The standard InChI is InChI=1S/C12H20N2S/c1-2-4-11(12-5-3-10-15-12)14-8-6-13-7-9-14/h3,5,10-11,13H,2,4,6-9H2,1H3/t11-/m0/s1. The molecule has 0 bridgehead atoms. The molecule has 1 N–H and O–H groups in total. The minimum atomic E-state index is 0.664. The molecule has 0 aliphatic carbocycles. The van der Waals surface area contributed by atoms with E-state index in [1.165, 1.54) is 25.9 Å². The maximum absolute atomic E-state index is 3.42. The van der Waals surface area contributed by atoms with E-state index in [1.807, 2.05) is 11.3 Å². The van der Waals surface area contributed by atoms with Crippen molar-refractivity contribution in [1.29, 1.82) is 0 Å². The predicted octanol–water partition coefficient (Wildman–Crippen LogP) is 2.49. The van der Waals surface area contributed by atoms with Gasteiger partial charge in [-0.3, -0.25) is 4.90 Å². The number of nitrogens with one attached hydrogen (secondary N) is 1. The highest BCUT2D eigenvalue weighted by atomic mass is 32.1. The largest absolute Gasteiger partial charge is 0.314 e. The molecule has 0 radical (unpaired) electrons. The van der Waals surface area contributed by atoms with Crippen LogP contribution in [0, 0.1) is 0 Å². The summed E-state index contributed by atoms with van der Waals surface area (Å²) in [7, 11) is 0. The van der Waals surface area contributed by atoms with Gasteiger partial charge in [-0.1, -0.05) is 19.4 Å². The molecular formula is C12H20N2S. The summed E-state index contributed by atoms with van der Waals surface area (Å²) in [6.07, 6.45) is 2.56. The van der Waals surface area contributed by atoms with Gasteiger partial charge in [-0.25, -0.2) is 0 Å². The molecule has 1 saturated heterocycles. The predicted molar refractivity (Wildman–Crippen MR) is 66.4 cm³/mol. The fourth-order valence-corrected chi connectivity index (χ4v) is 3.15. The van der Waals surface area contributed by atoms with Crippen LogP contribution in [-0.2, 0) is 0 Å². The molecule has 3 heteroatoms. The second-order valence-corrected chi connectivity index (χ2v) is 5.09. The maximum Gasteiger partial charge on any atom is 0.0442 e. The number of nitrogens with zero attached hydrogens (tertiary/aromatic N) is 1. The van der Waals surface area contributed by atoms with E-state index in [2.05, 4.69) is 34.7 Å². The van der Waals surface area contributed by atoms with Crippen molar-refractivity contribution in [2.24, 2.45) is 0 Å². The zero-order chi connectivity index (χ0) is 10.5. The number of rotatable bonds is 4. The molecule has 1 fully saturated rings. The lowest BCUT2D eigenvalue weighted by Crippen LogP contribution is -2.44. The van der Waals surface area contributed by atoms with Crippen LogP contribution >= 0.6 is 11.3 Å². The van der Waals surface area contributed by atoms with E-state index in [0.29, 0.717) is 6.04 Å². The van der Waals surface area contributed by atoms with Gasteiger partial charge >= 0.3 is 0 Å². The van der Waals surface area contributed by atoms with E-state index >= 15 is 0 Å². The molecule has 0 aromatic carbocycles. The average Bonchev–Trinajstić information content (AvgIpc) is 2.80. The summed E-state index contributed by atoms with van der Waals surface area (Å²) in [5.41, 5.74) is 0. The summed E-state index contributed by atoms with van der Waals surface area (Å²) < 4.78 is 0. The van der Waals surface area contributed by atoms with Gasteiger partial charge in [0.25, 0.3) is 0 Å². The molecule has 2 rings (SSSR count). The molecule has 1 atom stereocenters. The van der Waals surface area contributed by atoms with E-state index in [4.69, 9.17) is 0 Å². The monoisotopic (exact) mass is 224 g/mol. The van der Waals surface area contributed by atoms with Crippen molar-refractivity contribution in [1.82, 2.24) is 10.2 Å². The lowest BCUT2D eigenvalue weighted by Gasteiger charge is -2.34. The topological polar surface area (TPSA) is 15.3 Å². The number of hydrogen-bond donors (Lipinski definition) is 1. The molecule has 15 heavy (non-hydrogen) atoms. The normalized spacial score (nSPS) is 20.3. The van der Waals surface area contributed by atoms with Crippen LogP contribution < -0.4 is 5.32 Å². The third-order valence-electron chi connectivity index (χ3n) is 3.03. The zero-order valence-corrected chi connectivity index (χ0v) is 10.2. The minimum Gasteiger partial charge on any atom is -0.314 e. The Morgan fingerprint density at radius 2 is 2.27 bits per heavy atom. The molecule has 1 aliphatic heterocycles. The first-order valence-corrected chi connectivity index (χ1v) is 6.78. The van der Waals surface area contributed by atoms with Gasteiger partial charge in [0.15, 0.2) is 0 Å². The Kier molecular flexibility index (Phi) is 4.18. The fourth-order valence-electron chi connectivity index (χ4n) is 2.25. The highest BCUT2D eigenvalue weighted by Gasteiger charge is 2.21. The molecule has 1 aromatic heterocycles. The van der Waals surface area contributed by atoms with E-state index in [-0.39, 0.29) is 0 Å². The van der Waals surface area contributed by atoms with Crippen molar-refractivity contribution in [2.75, 3.05) is 26.2 Å². The van der Waals surface area contributed by atoms with Gasteiger partial charge in [-0.2, -0.15) is 0 Å². The fraction of sp³-hybridized carbons (Fsp3) is 0.667. The Hall–Kier alpha value is -0.380. The molecule has 0 saturated carbocycles. The molecule has 0 amide bonds. The van der Waals surface area contributed by atoms with Crippen molar-refractivity contribution in [3.05, 3.63) is 22.4 Å². The molecule has 1 aliphatic rings. The number of piperazine rings is 1.